The van der Waals surface area contributed by atoms with E-state index in [1.165, 1.54) is 35.7 Å². The number of imidazole rings is 1. The fourth-order valence-corrected chi connectivity index (χ4v) is 4.82. The van der Waals surface area contributed by atoms with E-state index in [2.05, 4.69) is 20.1 Å². The summed E-state index contributed by atoms with van der Waals surface area (Å²) in [7, 11) is -2.53. The van der Waals surface area contributed by atoms with E-state index in [4.69, 9.17) is 0 Å². The van der Waals surface area contributed by atoms with Crippen LogP contribution in [0.4, 0.5) is 17.6 Å². The Morgan fingerprint density at radius 2 is 1.91 bits per heavy atom. The molecule has 0 bridgehead atoms. The van der Waals surface area contributed by atoms with Crippen LogP contribution in [0.5, 0.6) is 0 Å². The van der Waals surface area contributed by atoms with Crippen LogP contribution in [0.1, 0.15) is 23.0 Å². The van der Waals surface area contributed by atoms with Crippen LogP contribution in [-0.4, -0.2) is 73.4 Å². The van der Waals surface area contributed by atoms with Gasteiger partial charge in [0.25, 0.3) is 5.91 Å². The quantitative estimate of drug-likeness (QED) is 0.386. The number of carbonyl (C=O) groups excluding carboxylic acids is 1. The van der Waals surface area contributed by atoms with Crippen molar-refractivity contribution < 1.29 is 30.8 Å². The van der Waals surface area contributed by atoms with Crippen LogP contribution < -0.4 is 0 Å². The lowest BCUT2D eigenvalue weighted by molar-refractivity contribution is -0.137. The molecule has 1 amide bonds. The normalized spacial score (nSPS) is 15.2. The highest BCUT2D eigenvalue weighted by Crippen LogP contribution is 2.35. The van der Waals surface area contributed by atoms with E-state index in [9.17, 15) is 30.8 Å². The zero-order chi connectivity index (χ0) is 25.3. The summed E-state index contributed by atoms with van der Waals surface area (Å²) in [4.78, 5) is 26.4. The lowest BCUT2D eigenvalue weighted by atomic mass is 10.1. The Bertz CT molecular complexity index is 1600. The average molecular weight is 511 g/mol. The van der Waals surface area contributed by atoms with Gasteiger partial charge in [0.15, 0.2) is 26.2 Å². The Labute approximate surface area is 195 Å². The number of rotatable bonds is 4. The molecule has 0 N–H and O–H groups in total. The lowest BCUT2D eigenvalue weighted by Crippen LogP contribution is -2.51. The Morgan fingerprint density at radius 3 is 2.54 bits per heavy atom. The maximum absolute atomic E-state index is 13.3. The number of aryl methyl sites for hydroxylation is 1. The molecule has 10 nitrogen and oxygen atoms in total. The molecule has 5 rings (SSSR count). The van der Waals surface area contributed by atoms with Crippen LogP contribution in [0, 0.1) is 0 Å². The summed E-state index contributed by atoms with van der Waals surface area (Å²) in [5, 5.41) is 3.72. The van der Waals surface area contributed by atoms with Crippen molar-refractivity contribution in [1.82, 2.24) is 34.0 Å². The number of hydrogen-bond donors (Lipinski definition) is 0. The molecule has 0 spiro atoms. The van der Waals surface area contributed by atoms with E-state index in [0.717, 1.165) is 10.6 Å². The highest BCUT2D eigenvalue weighted by atomic mass is 32.2. The minimum Gasteiger partial charge on any atom is -0.331 e. The molecule has 5 heterocycles. The Hall–Kier alpha value is -3.62. The second kappa shape index (κ2) is 7.69. The highest BCUT2D eigenvalue weighted by Gasteiger charge is 2.36. The molecule has 0 radical (unpaired) electrons. The summed E-state index contributed by atoms with van der Waals surface area (Å²) in [6, 6.07) is 2.14. The molecular weight excluding hydrogens is 494 g/mol. The van der Waals surface area contributed by atoms with Crippen LogP contribution in [0.2, 0.25) is 0 Å². The van der Waals surface area contributed by atoms with Crippen LogP contribution >= 0.6 is 0 Å². The fourth-order valence-electron chi connectivity index (χ4n) is 3.85. The Kier molecular flexibility index (Phi) is 5.09. The summed E-state index contributed by atoms with van der Waals surface area (Å²) in [5.74, 6) is -0.954. The summed E-state index contributed by atoms with van der Waals surface area (Å²) in [6.45, 7) is 1.19. The molecule has 4 aromatic heterocycles. The largest absolute Gasteiger partial charge is 0.417 e. The SMILES string of the molecule is CCS(=O)(=O)c1nn2c(C(=O)N3CC(F)C3)ccnc2c1-c1nc2cc(C(F)(F)F)cnc2n1C. The molecule has 35 heavy (non-hydrogen) atoms. The summed E-state index contributed by atoms with van der Waals surface area (Å²) < 4.78 is 81.1. The molecular formula is C20H17F4N7O3S. The Balaban J connectivity index is 1.78. The van der Waals surface area contributed by atoms with E-state index in [1.807, 2.05) is 0 Å². The minimum absolute atomic E-state index is 0.0429. The van der Waals surface area contributed by atoms with Crippen LogP contribution in [0.15, 0.2) is 29.6 Å². The molecule has 0 unspecified atom stereocenters. The third-order valence-electron chi connectivity index (χ3n) is 5.76. The zero-order valence-corrected chi connectivity index (χ0v) is 19.1. The number of pyridine rings is 1. The average Bonchev–Trinajstić information content (AvgIpc) is 3.33. The summed E-state index contributed by atoms with van der Waals surface area (Å²) in [5.41, 5.74) is -1.22. The van der Waals surface area contributed by atoms with Gasteiger partial charge in [0, 0.05) is 19.4 Å². The van der Waals surface area contributed by atoms with Gasteiger partial charge in [-0.25, -0.2) is 32.3 Å². The van der Waals surface area contributed by atoms with Crippen molar-refractivity contribution in [3.8, 4) is 11.4 Å². The van der Waals surface area contributed by atoms with Crippen LogP contribution in [0.25, 0.3) is 28.2 Å². The number of likely N-dealkylation sites (tertiary alicyclic amines) is 1. The third-order valence-corrected chi connectivity index (χ3v) is 7.40. The summed E-state index contributed by atoms with van der Waals surface area (Å²) in [6.07, 6.45) is -3.86. The van der Waals surface area contributed by atoms with Crippen molar-refractivity contribution in [2.75, 3.05) is 18.8 Å². The molecule has 1 aliphatic heterocycles. The number of hydrogen-bond acceptors (Lipinski definition) is 7. The van der Waals surface area contributed by atoms with Gasteiger partial charge in [-0.05, 0) is 12.1 Å². The van der Waals surface area contributed by atoms with Crippen LogP contribution in [0.3, 0.4) is 0 Å². The first-order valence-corrected chi connectivity index (χ1v) is 12.0. The molecule has 4 aromatic rings. The van der Waals surface area contributed by atoms with Crippen molar-refractivity contribution in [2.45, 2.75) is 24.3 Å². The predicted molar refractivity (Wildman–Crippen MR) is 114 cm³/mol. The molecule has 1 saturated heterocycles. The van der Waals surface area contributed by atoms with Crippen molar-refractivity contribution >= 4 is 32.6 Å². The van der Waals surface area contributed by atoms with Gasteiger partial charge in [-0.3, -0.25) is 4.79 Å². The topological polar surface area (TPSA) is 115 Å². The van der Waals surface area contributed by atoms with Gasteiger partial charge in [-0.1, -0.05) is 6.92 Å². The van der Waals surface area contributed by atoms with Gasteiger partial charge in [0.2, 0.25) is 0 Å². The molecule has 184 valence electrons. The maximum atomic E-state index is 13.3. The molecule has 0 aromatic carbocycles. The van der Waals surface area contributed by atoms with Gasteiger partial charge in [-0.15, -0.1) is 0 Å². The van der Waals surface area contributed by atoms with E-state index in [0.29, 0.717) is 6.20 Å². The summed E-state index contributed by atoms with van der Waals surface area (Å²) >= 11 is 0. The molecule has 0 aliphatic carbocycles. The lowest BCUT2D eigenvalue weighted by Gasteiger charge is -2.34. The van der Waals surface area contributed by atoms with E-state index in [1.54, 1.807) is 0 Å². The molecule has 1 aliphatic rings. The number of aromatic nitrogens is 6. The fraction of sp³-hybridized carbons (Fsp3) is 0.350. The molecule has 0 atom stereocenters. The number of carbonyl (C=O) groups is 1. The Morgan fingerprint density at radius 1 is 1.20 bits per heavy atom. The van der Waals surface area contributed by atoms with Crippen molar-refractivity contribution in [1.29, 1.82) is 0 Å². The van der Waals surface area contributed by atoms with E-state index >= 15 is 0 Å². The number of amides is 1. The van der Waals surface area contributed by atoms with Gasteiger partial charge in [0.1, 0.15) is 28.8 Å². The smallest absolute Gasteiger partial charge is 0.331 e. The standard InChI is InChI=1S/C20H17F4N7O3S/c1-3-35(33,34)18-14(17-27-12-6-10(20(22,23)24)7-26-15(12)29(17)2)16-25-5-4-13(31(16)28-18)19(32)30-8-11(21)9-30/h4-7,11H,3,8-9H2,1-2H3. The van der Waals surface area contributed by atoms with Crippen molar-refractivity contribution in [3.63, 3.8) is 0 Å². The molecule has 15 heteroatoms. The number of fused-ring (bicyclic) bond motifs is 2. The van der Waals surface area contributed by atoms with E-state index < -0.39 is 38.7 Å². The van der Waals surface area contributed by atoms with Gasteiger partial charge in [0.05, 0.1) is 24.4 Å². The number of nitrogens with zero attached hydrogens (tertiary/aromatic N) is 7. The monoisotopic (exact) mass is 511 g/mol. The zero-order valence-electron chi connectivity index (χ0n) is 18.3. The highest BCUT2D eigenvalue weighted by molar-refractivity contribution is 7.91. The van der Waals surface area contributed by atoms with Crippen molar-refractivity contribution in [2.24, 2.45) is 7.05 Å². The third kappa shape index (κ3) is 3.61. The van der Waals surface area contributed by atoms with Gasteiger partial charge in [-0.2, -0.15) is 18.3 Å². The van der Waals surface area contributed by atoms with E-state index in [-0.39, 0.29) is 52.7 Å². The first-order valence-electron chi connectivity index (χ1n) is 10.4. The molecule has 0 saturated carbocycles. The van der Waals surface area contributed by atoms with Gasteiger partial charge >= 0.3 is 6.18 Å². The first-order chi connectivity index (χ1) is 16.4. The number of sulfone groups is 1. The van der Waals surface area contributed by atoms with Crippen LogP contribution in [-0.2, 0) is 23.1 Å². The minimum atomic E-state index is -4.65. The predicted octanol–water partition coefficient (Wildman–Crippen LogP) is 2.28. The first kappa shape index (κ1) is 23.1. The number of alkyl halides is 4. The second-order valence-electron chi connectivity index (χ2n) is 8.02. The second-order valence-corrected chi connectivity index (χ2v) is 10.2. The van der Waals surface area contributed by atoms with Crippen molar-refractivity contribution in [3.05, 3.63) is 35.8 Å². The number of halogens is 4. The molecule has 1 fully saturated rings. The van der Waals surface area contributed by atoms with Gasteiger partial charge < -0.3 is 9.47 Å². The maximum Gasteiger partial charge on any atom is 0.417 e.